The molecule has 1 rings (SSSR count). The number of nitrogens with one attached hydrogen (secondary N) is 2. The zero-order chi connectivity index (χ0) is 15.8. The number of carbonyl (C=O) groups is 3. The van der Waals surface area contributed by atoms with Crippen LogP contribution in [0.4, 0.5) is 10.5 Å². The predicted octanol–water partition coefficient (Wildman–Crippen LogP) is 1.41. The summed E-state index contributed by atoms with van der Waals surface area (Å²) in [6, 6.07) is 5.65. The number of carboxylic acids is 1. The van der Waals surface area contributed by atoms with Crippen LogP contribution in [-0.4, -0.2) is 29.6 Å². The van der Waals surface area contributed by atoms with Crippen LogP contribution in [-0.2, 0) is 4.79 Å². The lowest BCUT2D eigenvalue weighted by molar-refractivity contribution is -0.141. The molecule has 0 aromatic heterocycles. The summed E-state index contributed by atoms with van der Waals surface area (Å²) in [6.45, 7) is 1.93. The molecule has 0 radical (unpaired) electrons. The van der Waals surface area contributed by atoms with Crippen molar-refractivity contribution in [2.24, 2.45) is 11.7 Å². The smallest absolute Gasteiger partial charge is 0.319 e. The molecule has 0 fully saturated rings. The molecule has 0 saturated carbocycles. The molecule has 3 amide bonds. The Hall–Kier alpha value is -2.57. The van der Waals surface area contributed by atoms with Crippen molar-refractivity contribution in [3.63, 3.8) is 0 Å². The first-order chi connectivity index (χ1) is 9.93. The summed E-state index contributed by atoms with van der Waals surface area (Å²) in [5, 5.41) is 14.0. The molecule has 1 aromatic carbocycles. The Morgan fingerprint density at radius 2 is 2.05 bits per heavy atom. The van der Waals surface area contributed by atoms with Crippen LogP contribution in [0, 0.1) is 5.92 Å². The highest BCUT2D eigenvalue weighted by atomic mass is 16.4. The third kappa shape index (κ3) is 5.52. The molecule has 0 spiro atoms. The summed E-state index contributed by atoms with van der Waals surface area (Å²) in [5.41, 5.74) is 5.83. The summed E-state index contributed by atoms with van der Waals surface area (Å²) in [5.74, 6) is -2.14. The van der Waals surface area contributed by atoms with Gasteiger partial charge in [-0.05, 0) is 24.6 Å². The number of benzene rings is 1. The molecular weight excluding hydrogens is 274 g/mol. The normalized spacial score (nSPS) is 11.5. The van der Waals surface area contributed by atoms with Gasteiger partial charge in [-0.2, -0.15) is 0 Å². The van der Waals surface area contributed by atoms with Gasteiger partial charge >= 0.3 is 12.0 Å². The number of nitrogens with two attached hydrogens (primary N) is 1. The van der Waals surface area contributed by atoms with Gasteiger partial charge in [-0.15, -0.1) is 0 Å². The van der Waals surface area contributed by atoms with E-state index in [9.17, 15) is 14.4 Å². The van der Waals surface area contributed by atoms with Crippen molar-refractivity contribution in [1.82, 2.24) is 5.32 Å². The maximum atomic E-state index is 11.7. The van der Waals surface area contributed by atoms with E-state index in [-0.39, 0.29) is 12.1 Å². The van der Waals surface area contributed by atoms with Gasteiger partial charge in [0, 0.05) is 17.8 Å². The number of carboxylic acid groups (broad SMARTS) is 1. The van der Waals surface area contributed by atoms with Gasteiger partial charge in [0.2, 0.25) is 5.91 Å². The number of urea groups is 1. The molecule has 0 heterocycles. The molecule has 1 aromatic rings. The molecule has 21 heavy (non-hydrogen) atoms. The van der Waals surface area contributed by atoms with Gasteiger partial charge in [0.05, 0.1) is 5.92 Å². The van der Waals surface area contributed by atoms with Crippen molar-refractivity contribution in [3.05, 3.63) is 29.8 Å². The first-order valence-corrected chi connectivity index (χ1v) is 6.61. The molecule has 0 saturated heterocycles. The summed E-state index contributed by atoms with van der Waals surface area (Å²) < 4.78 is 0. The molecule has 114 valence electrons. The zero-order valence-electron chi connectivity index (χ0n) is 11.8. The van der Waals surface area contributed by atoms with Crippen molar-refractivity contribution in [1.29, 1.82) is 0 Å². The number of rotatable bonds is 7. The van der Waals surface area contributed by atoms with Crippen molar-refractivity contribution in [3.8, 4) is 0 Å². The Morgan fingerprint density at radius 1 is 1.33 bits per heavy atom. The standard InChI is InChI=1S/C14H19N3O4/c1-2-4-10(13(19)20)8-16-14(21)17-11-6-3-5-9(7-11)12(15)18/h3,5-7,10H,2,4,8H2,1H3,(H2,15,18)(H,19,20)(H2,16,17,21). The quantitative estimate of drug-likeness (QED) is 0.607. The number of hydrogen-bond donors (Lipinski definition) is 4. The molecular formula is C14H19N3O4. The van der Waals surface area contributed by atoms with E-state index in [1.807, 2.05) is 6.92 Å². The molecule has 1 unspecified atom stereocenters. The van der Waals surface area contributed by atoms with Gasteiger partial charge < -0.3 is 21.5 Å². The first-order valence-electron chi connectivity index (χ1n) is 6.61. The monoisotopic (exact) mass is 293 g/mol. The fraction of sp³-hybridized carbons (Fsp3) is 0.357. The SMILES string of the molecule is CCCC(CNC(=O)Nc1cccc(C(N)=O)c1)C(=O)O. The van der Waals surface area contributed by atoms with E-state index < -0.39 is 23.8 Å². The minimum Gasteiger partial charge on any atom is -0.481 e. The molecule has 5 N–H and O–H groups in total. The van der Waals surface area contributed by atoms with Crippen LogP contribution in [0.1, 0.15) is 30.1 Å². The lowest BCUT2D eigenvalue weighted by Gasteiger charge is -2.13. The summed E-state index contributed by atoms with van der Waals surface area (Å²) in [6.07, 6.45) is 1.22. The third-order valence-electron chi connectivity index (χ3n) is 2.90. The predicted molar refractivity (Wildman–Crippen MR) is 78.0 cm³/mol. The maximum Gasteiger partial charge on any atom is 0.319 e. The van der Waals surface area contributed by atoms with E-state index >= 15 is 0 Å². The summed E-state index contributed by atoms with van der Waals surface area (Å²) in [7, 11) is 0. The Bertz CT molecular complexity index is 531. The van der Waals surface area contributed by atoms with Crippen LogP contribution in [0.25, 0.3) is 0 Å². The minimum absolute atomic E-state index is 0.0461. The second kappa shape index (κ2) is 7.88. The summed E-state index contributed by atoms with van der Waals surface area (Å²) >= 11 is 0. The van der Waals surface area contributed by atoms with Crippen molar-refractivity contribution >= 4 is 23.6 Å². The fourth-order valence-corrected chi connectivity index (χ4v) is 1.80. The van der Waals surface area contributed by atoms with Gasteiger partial charge in [0.15, 0.2) is 0 Å². The Morgan fingerprint density at radius 3 is 2.62 bits per heavy atom. The Labute approximate surface area is 122 Å². The molecule has 0 aliphatic heterocycles. The van der Waals surface area contributed by atoms with E-state index in [0.717, 1.165) is 6.42 Å². The number of aliphatic carboxylic acids is 1. The van der Waals surface area contributed by atoms with Crippen LogP contribution in [0.3, 0.4) is 0 Å². The molecule has 0 bridgehead atoms. The van der Waals surface area contributed by atoms with Gasteiger partial charge in [0.25, 0.3) is 0 Å². The van der Waals surface area contributed by atoms with Crippen LogP contribution in [0.15, 0.2) is 24.3 Å². The lowest BCUT2D eigenvalue weighted by Crippen LogP contribution is -2.35. The highest BCUT2D eigenvalue weighted by molar-refractivity contribution is 5.95. The number of primary amides is 1. The van der Waals surface area contributed by atoms with Crippen molar-refractivity contribution in [2.45, 2.75) is 19.8 Å². The summed E-state index contributed by atoms with van der Waals surface area (Å²) in [4.78, 5) is 33.7. The number of carbonyl (C=O) groups excluding carboxylic acids is 2. The van der Waals surface area contributed by atoms with E-state index in [0.29, 0.717) is 12.1 Å². The van der Waals surface area contributed by atoms with Crippen LogP contribution in [0.2, 0.25) is 0 Å². The van der Waals surface area contributed by atoms with E-state index in [1.165, 1.54) is 12.1 Å². The molecule has 7 heteroatoms. The minimum atomic E-state index is -0.937. The molecule has 0 aliphatic rings. The molecule has 1 atom stereocenters. The molecule has 7 nitrogen and oxygen atoms in total. The van der Waals surface area contributed by atoms with Gasteiger partial charge in [0.1, 0.15) is 0 Å². The third-order valence-corrected chi connectivity index (χ3v) is 2.90. The average Bonchev–Trinajstić information content (AvgIpc) is 2.43. The van der Waals surface area contributed by atoms with E-state index in [4.69, 9.17) is 10.8 Å². The average molecular weight is 293 g/mol. The number of anilines is 1. The van der Waals surface area contributed by atoms with Crippen LogP contribution >= 0.6 is 0 Å². The second-order valence-electron chi connectivity index (χ2n) is 4.60. The maximum absolute atomic E-state index is 11.7. The Kier molecular flexibility index (Phi) is 6.19. The zero-order valence-corrected chi connectivity index (χ0v) is 11.8. The second-order valence-corrected chi connectivity index (χ2v) is 4.60. The van der Waals surface area contributed by atoms with Crippen LogP contribution in [0.5, 0.6) is 0 Å². The van der Waals surface area contributed by atoms with Crippen molar-refractivity contribution in [2.75, 3.05) is 11.9 Å². The molecule has 0 aliphatic carbocycles. The topological polar surface area (TPSA) is 122 Å². The highest BCUT2D eigenvalue weighted by Gasteiger charge is 2.17. The lowest BCUT2D eigenvalue weighted by atomic mass is 10.0. The van der Waals surface area contributed by atoms with Crippen molar-refractivity contribution < 1.29 is 19.5 Å². The number of amides is 3. The number of hydrogen-bond acceptors (Lipinski definition) is 3. The first kappa shape index (κ1) is 16.5. The van der Waals surface area contributed by atoms with E-state index in [1.54, 1.807) is 12.1 Å². The van der Waals surface area contributed by atoms with E-state index in [2.05, 4.69) is 10.6 Å². The van der Waals surface area contributed by atoms with Gasteiger partial charge in [-0.3, -0.25) is 9.59 Å². The van der Waals surface area contributed by atoms with Gasteiger partial charge in [-0.1, -0.05) is 19.4 Å². The Balaban J connectivity index is 2.55. The fourth-order valence-electron chi connectivity index (χ4n) is 1.80. The van der Waals surface area contributed by atoms with Crippen LogP contribution < -0.4 is 16.4 Å². The van der Waals surface area contributed by atoms with Gasteiger partial charge in [-0.25, -0.2) is 4.79 Å². The largest absolute Gasteiger partial charge is 0.481 e. The highest BCUT2D eigenvalue weighted by Crippen LogP contribution is 2.10.